The van der Waals surface area contributed by atoms with Gasteiger partial charge in [0.05, 0.1) is 0 Å². The monoisotopic (exact) mass is 403 g/mol. The first kappa shape index (κ1) is 23.4. The first-order chi connectivity index (χ1) is 11.7. The smallest absolute Gasteiger partial charge is 0.122 e. The number of nitrogens with zero attached hydrogens (tertiary/aromatic N) is 2. The predicted octanol–water partition coefficient (Wildman–Crippen LogP) is 4.22. The van der Waals surface area contributed by atoms with Crippen LogP contribution in [0.2, 0.25) is 0 Å². The number of nitrogens with one attached hydrogen (secondary N) is 1. The van der Waals surface area contributed by atoms with E-state index < -0.39 is 0 Å². The summed E-state index contributed by atoms with van der Waals surface area (Å²) < 4.78 is 0. The van der Waals surface area contributed by atoms with Crippen LogP contribution in [0.15, 0.2) is 18.2 Å². The van der Waals surface area contributed by atoms with Gasteiger partial charge in [-0.05, 0) is 38.7 Å². The molecule has 150 valence electrons. The molecule has 2 aliphatic rings. The summed E-state index contributed by atoms with van der Waals surface area (Å²) in [6, 6.07) is 6.74. The van der Waals surface area contributed by atoms with Crippen molar-refractivity contribution in [1.82, 2.24) is 10.2 Å². The number of rotatable bonds is 6. The van der Waals surface area contributed by atoms with E-state index in [1.807, 2.05) is 6.07 Å². The second kappa shape index (κ2) is 11.2. The van der Waals surface area contributed by atoms with Crippen LogP contribution in [-0.4, -0.2) is 49.3 Å². The van der Waals surface area contributed by atoms with Gasteiger partial charge < -0.3 is 15.3 Å². The summed E-state index contributed by atoms with van der Waals surface area (Å²) in [7, 11) is 0. The van der Waals surface area contributed by atoms with Crippen molar-refractivity contribution in [3.05, 3.63) is 23.8 Å². The molecule has 2 fully saturated rings. The van der Waals surface area contributed by atoms with Gasteiger partial charge in [0, 0.05) is 62.6 Å². The van der Waals surface area contributed by atoms with E-state index in [9.17, 15) is 5.11 Å². The molecule has 1 heterocycles. The summed E-state index contributed by atoms with van der Waals surface area (Å²) in [5.74, 6) is 1.17. The highest BCUT2D eigenvalue weighted by atomic mass is 35.5. The van der Waals surface area contributed by atoms with Crippen molar-refractivity contribution in [1.29, 1.82) is 0 Å². The molecule has 0 radical (unpaired) electrons. The van der Waals surface area contributed by atoms with Gasteiger partial charge >= 0.3 is 0 Å². The zero-order chi connectivity index (χ0) is 16.9. The molecule has 2 N–H and O–H groups in total. The number of benzene rings is 1. The Balaban J connectivity index is 0.00000169. The van der Waals surface area contributed by atoms with Crippen LogP contribution in [0, 0.1) is 5.92 Å². The zero-order valence-corrected chi connectivity index (χ0v) is 17.7. The van der Waals surface area contributed by atoms with Gasteiger partial charge in [-0.15, -0.1) is 24.8 Å². The molecular formula is C20H35Cl2N3O. The first-order valence-corrected chi connectivity index (χ1v) is 9.77. The largest absolute Gasteiger partial charge is 0.508 e. The van der Waals surface area contributed by atoms with E-state index in [0.717, 1.165) is 50.5 Å². The quantitative estimate of drug-likeness (QED) is 0.745. The second-order valence-electron chi connectivity index (χ2n) is 7.19. The van der Waals surface area contributed by atoms with Gasteiger partial charge in [0.15, 0.2) is 0 Å². The molecule has 6 heteroatoms. The minimum absolute atomic E-state index is 0. The minimum atomic E-state index is 0. The predicted molar refractivity (Wildman–Crippen MR) is 115 cm³/mol. The fraction of sp³-hybridized carbons (Fsp3) is 0.700. The van der Waals surface area contributed by atoms with Crippen molar-refractivity contribution in [2.75, 3.05) is 44.2 Å². The number of phenols is 1. The van der Waals surface area contributed by atoms with Gasteiger partial charge in [0.2, 0.25) is 0 Å². The zero-order valence-electron chi connectivity index (χ0n) is 16.1. The minimum Gasteiger partial charge on any atom is -0.508 e. The third-order valence-corrected chi connectivity index (χ3v) is 5.85. The molecule has 0 unspecified atom stereocenters. The summed E-state index contributed by atoms with van der Waals surface area (Å²) in [6.45, 7) is 10.5. The fourth-order valence-electron chi connectivity index (χ4n) is 4.55. The van der Waals surface area contributed by atoms with Crippen LogP contribution >= 0.6 is 24.8 Å². The Morgan fingerprint density at radius 2 is 1.73 bits per heavy atom. The average Bonchev–Trinajstić information content (AvgIpc) is 3.13. The van der Waals surface area contributed by atoms with E-state index in [1.165, 1.54) is 25.7 Å². The Bertz CT molecular complexity index is 528. The molecule has 0 spiro atoms. The third kappa shape index (κ3) is 5.19. The lowest BCUT2D eigenvalue weighted by atomic mass is 9.89. The second-order valence-corrected chi connectivity index (χ2v) is 7.19. The van der Waals surface area contributed by atoms with Crippen LogP contribution in [0.3, 0.4) is 0 Å². The molecule has 1 atom stereocenters. The number of hydrogen-bond donors (Lipinski definition) is 2. The maximum Gasteiger partial charge on any atom is 0.122 e. The van der Waals surface area contributed by atoms with Gasteiger partial charge in [-0.3, -0.25) is 4.90 Å². The Kier molecular flexibility index (Phi) is 10.1. The van der Waals surface area contributed by atoms with Gasteiger partial charge in [-0.25, -0.2) is 0 Å². The van der Waals surface area contributed by atoms with Crippen molar-refractivity contribution in [2.24, 2.45) is 5.92 Å². The van der Waals surface area contributed by atoms with E-state index in [1.54, 1.807) is 0 Å². The average molecular weight is 404 g/mol. The first-order valence-electron chi connectivity index (χ1n) is 9.77. The molecule has 1 aliphatic carbocycles. The van der Waals surface area contributed by atoms with Crippen LogP contribution in [0.4, 0.5) is 5.69 Å². The van der Waals surface area contributed by atoms with Gasteiger partial charge in [0.1, 0.15) is 5.75 Å². The van der Waals surface area contributed by atoms with E-state index in [-0.39, 0.29) is 24.8 Å². The number of hydrogen-bond acceptors (Lipinski definition) is 4. The van der Waals surface area contributed by atoms with E-state index in [0.29, 0.717) is 17.7 Å². The highest BCUT2D eigenvalue weighted by molar-refractivity contribution is 5.85. The normalized spacial score (nSPS) is 19.5. The molecule has 4 nitrogen and oxygen atoms in total. The Hall–Kier alpha value is -0.680. The molecular weight excluding hydrogens is 369 g/mol. The molecule has 3 rings (SSSR count). The Morgan fingerprint density at radius 1 is 1.12 bits per heavy atom. The summed E-state index contributed by atoms with van der Waals surface area (Å²) in [6.07, 6.45) is 5.27. The number of aromatic hydroxyl groups is 1. The van der Waals surface area contributed by atoms with E-state index in [2.05, 4.69) is 41.1 Å². The third-order valence-electron chi connectivity index (χ3n) is 5.85. The van der Waals surface area contributed by atoms with Crippen LogP contribution in [0.5, 0.6) is 5.75 Å². The van der Waals surface area contributed by atoms with Gasteiger partial charge in [0.25, 0.3) is 0 Å². The lowest BCUT2D eigenvalue weighted by molar-refractivity contribution is 0.123. The fourth-order valence-corrected chi connectivity index (χ4v) is 4.55. The molecule has 0 bridgehead atoms. The Morgan fingerprint density at radius 3 is 2.27 bits per heavy atom. The molecule has 1 aromatic rings. The summed E-state index contributed by atoms with van der Waals surface area (Å²) in [4.78, 5) is 4.89. The van der Waals surface area contributed by atoms with Crippen LogP contribution in [-0.2, 0) is 0 Å². The molecule has 1 saturated heterocycles. The van der Waals surface area contributed by atoms with Gasteiger partial charge in [-0.1, -0.05) is 18.9 Å². The van der Waals surface area contributed by atoms with Crippen molar-refractivity contribution in [3.8, 4) is 5.75 Å². The maximum atomic E-state index is 10.8. The van der Waals surface area contributed by atoms with Crippen molar-refractivity contribution in [2.45, 2.75) is 45.6 Å². The molecule has 0 aromatic heterocycles. The SMILES string of the molecule is CCN(CC)c1ccc([C@@H](C2CCCC2)N2CCNCC2)c(O)c1.Cl.Cl. The number of phenolic OH excluding ortho intramolecular Hbond substituents is 1. The molecule has 26 heavy (non-hydrogen) atoms. The lowest BCUT2D eigenvalue weighted by Crippen LogP contribution is -2.46. The van der Waals surface area contributed by atoms with Crippen LogP contribution in [0.25, 0.3) is 0 Å². The van der Waals surface area contributed by atoms with E-state index >= 15 is 0 Å². The molecule has 1 aliphatic heterocycles. The highest BCUT2D eigenvalue weighted by Crippen LogP contribution is 2.43. The topological polar surface area (TPSA) is 38.7 Å². The maximum absolute atomic E-state index is 10.8. The van der Waals surface area contributed by atoms with Crippen LogP contribution in [0.1, 0.15) is 51.1 Å². The lowest BCUT2D eigenvalue weighted by Gasteiger charge is -2.39. The molecule has 1 aromatic carbocycles. The highest BCUT2D eigenvalue weighted by Gasteiger charge is 2.33. The number of anilines is 1. The van der Waals surface area contributed by atoms with Crippen molar-refractivity contribution >= 4 is 30.5 Å². The van der Waals surface area contributed by atoms with Gasteiger partial charge in [-0.2, -0.15) is 0 Å². The number of piperazine rings is 1. The van der Waals surface area contributed by atoms with Crippen molar-refractivity contribution in [3.63, 3.8) is 0 Å². The molecule has 1 saturated carbocycles. The summed E-state index contributed by atoms with van der Waals surface area (Å²) in [5.41, 5.74) is 2.27. The van der Waals surface area contributed by atoms with Crippen molar-refractivity contribution < 1.29 is 5.11 Å². The Labute approximate surface area is 171 Å². The van der Waals surface area contributed by atoms with E-state index in [4.69, 9.17) is 0 Å². The summed E-state index contributed by atoms with van der Waals surface area (Å²) in [5, 5.41) is 14.3. The standard InChI is InChI=1S/C20H33N3O.2ClH/c1-3-22(4-2)17-9-10-18(19(24)15-17)20(16-7-5-6-8-16)23-13-11-21-12-14-23;;/h9-10,15-16,20-21,24H,3-8,11-14H2,1-2H3;2*1H/t20-;;/m1../s1. The number of halogens is 2. The molecule has 0 amide bonds. The summed E-state index contributed by atoms with van der Waals surface area (Å²) >= 11 is 0. The van der Waals surface area contributed by atoms with Crippen LogP contribution < -0.4 is 10.2 Å².